The quantitative estimate of drug-likeness (QED) is 0.805. The summed E-state index contributed by atoms with van der Waals surface area (Å²) in [7, 11) is 0. The minimum absolute atomic E-state index is 0.215. The van der Waals surface area contributed by atoms with E-state index in [1.807, 2.05) is 18.2 Å². The van der Waals surface area contributed by atoms with Crippen molar-refractivity contribution in [3.63, 3.8) is 0 Å². The number of hydrogen-bond acceptors (Lipinski definition) is 3. The lowest BCUT2D eigenvalue weighted by molar-refractivity contribution is 0.0948. The lowest BCUT2D eigenvalue weighted by Crippen LogP contribution is -2.26. The Kier molecular flexibility index (Phi) is 5.65. The Bertz CT molecular complexity index is 641. The van der Waals surface area contributed by atoms with Crippen molar-refractivity contribution in [1.29, 1.82) is 0 Å². The third-order valence-electron chi connectivity index (χ3n) is 3.06. The molecule has 5 nitrogen and oxygen atoms in total. The van der Waals surface area contributed by atoms with E-state index in [4.69, 9.17) is 0 Å². The number of anilines is 1. The number of carbonyl (C=O) groups excluding carboxylic acids is 2. The zero-order valence-corrected chi connectivity index (χ0v) is 12.5. The number of rotatable bonds is 6. The van der Waals surface area contributed by atoms with E-state index in [0.29, 0.717) is 12.2 Å². The van der Waals surface area contributed by atoms with Crippen molar-refractivity contribution < 1.29 is 9.59 Å². The van der Waals surface area contributed by atoms with Crippen LogP contribution >= 0.6 is 0 Å². The number of nitrogens with zero attached hydrogens (tertiary/aromatic N) is 1. The van der Waals surface area contributed by atoms with Crippen molar-refractivity contribution in [3.8, 4) is 0 Å². The molecule has 2 amide bonds. The van der Waals surface area contributed by atoms with Gasteiger partial charge in [-0.2, -0.15) is 0 Å². The van der Waals surface area contributed by atoms with Gasteiger partial charge in [0.1, 0.15) is 11.4 Å². The van der Waals surface area contributed by atoms with Crippen molar-refractivity contribution in [2.45, 2.75) is 19.8 Å². The van der Waals surface area contributed by atoms with E-state index in [-0.39, 0.29) is 23.2 Å². The topological polar surface area (TPSA) is 71.1 Å². The molecule has 0 aliphatic carbocycles. The van der Waals surface area contributed by atoms with Gasteiger partial charge >= 0.3 is 0 Å². The summed E-state index contributed by atoms with van der Waals surface area (Å²) in [5.74, 6) is -0.600. The first-order valence-corrected chi connectivity index (χ1v) is 7.32. The molecule has 2 rings (SSSR count). The third-order valence-corrected chi connectivity index (χ3v) is 3.06. The summed E-state index contributed by atoms with van der Waals surface area (Å²) >= 11 is 0. The number of aromatic nitrogens is 1. The van der Waals surface area contributed by atoms with E-state index in [1.165, 1.54) is 0 Å². The maximum absolute atomic E-state index is 12.1. The molecule has 0 unspecified atom stereocenters. The molecule has 0 aliphatic rings. The van der Waals surface area contributed by atoms with Gasteiger partial charge in [0.15, 0.2) is 0 Å². The first kappa shape index (κ1) is 15.7. The molecule has 5 heteroatoms. The highest BCUT2D eigenvalue weighted by atomic mass is 16.2. The number of para-hydroxylation sites is 1. The molecule has 114 valence electrons. The Hall–Kier alpha value is -2.69. The Morgan fingerprint density at radius 3 is 2.32 bits per heavy atom. The van der Waals surface area contributed by atoms with Gasteiger partial charge in [0.2, 0.25) is 0 Å². The predicted molar refractivity (Wildman–Crippen MR) is 85.9 cm³/mol. The van der Waals surface area contributed by atoms with Crippen LogP contribution in [0.5, 0.6) is 0 Å². The second kappa shape index (κ2) is 7.93. The Labute approximate surface area is 129 Å². The zero-order valence-electron chi connectivity index (χ0n) is 12.5. The van der Waals surface area contributed by atoms with Crippen LogP contribution in [0.15, 0.2) is 48.5 Å². The van der Waals surface area contributed by atoms with Crippen molar-refractivity contribution >= 4 is 17.5 Å². The van der Waals surface area contributed by atoms with Gasteiger partial charge in [-0.05, 0) is 30.7 Å². The van der Waals surface area contributed by atoms with Gasteiger partial charge in [0.25, 0.3) is 11.8 Å². The largest absolute Gasteiger partial charge is 0.351 e. The van der Waals surface area contributed by atoms with Crippen LogP contribution in [-0.2, 0) is 0 Å². The number of carbonyl (C=O) groups is 2. The van der Waals surface area contributed by atoms with Crippen molar-refractivity contribution in [3.05, 3.63) is 59.9 Å². The summed E-state index contributed by atoms with van der Waals surface area (Å²) < 4.78 is 0. The number of unbranched alkanes of at least 4 members (excludes halogenated alkanes) is 1. The van der Waals surface area contributed by atoms with Crippen molar-refractivity contribution in [2.75, 3.05) is 11.9 Å². The molecule has 0 saturated heterocycles. The lowest BCUT2D eigenvalue weighted by Gasteiger charge is -2.07. The van der Waals surface area contributed by atoms with Crippen LogP contribution in [0.1, 0.15) is 40.7 Å². The van der Waals surface area contributed by atoms with E-state index in [2.05, 4.69) is 22.5 Å². The average molecular weight is 297 g/mol. The molecule has 0 bridgehead atoms. The highest BCUT2D eigenvalue weighted by Crippen LogP contribution is 2.08. The zero-order chi connectivity index (χ0) is 15.8. The van der Waals surface area contributed by atoms with Gasteiger partial charge in [-0.3, -0.25) is 9.59 Å². The second-order valence-corrected chi connectivity index (χ2v) is 4.84. The number of amides is 2. The highest BCUT2D eigenvalue weighted by Gasteiger charge is 2.12. The number of nitrogens with one attached hydrogen (secondary N) is 2. The van der Waals surface area contributed by atoms with Crippen LogP contribution in [0.3, 0.4) is 0 Å². The van der Waals surface area contributed by atoms with Gasteiger partial charge in [-0.25, -0.2) is 4.98 Å². The molecule has 2 aromatic rings. The summed E-state index contributed by atoms with van der Waals surface area (Å²) in [6.07, 6.45) is 1.92. The van der Waals surface area contributed by atoms with Crippen LogP contribution in [0.2, 0.25) is 0 Å². The van der Waals surface area contributed by atoms with Crippen LogP contribution < -0.4 is 10.6 Å². The van der Waals surface area contributed by atoms with Crippen molar-refractivity contribution in [2.24, 2.45) is 0 Å². The van der Waals surface area contributed by atoms with E-state index >= 15 is 0 Å². The Morgan fingerprint density at radius 2 is 1.64 bits per heavy atom. The monoisotopic (exact) mass is 297 g/mol. The molecule has 1 heterocycles. The smallest absolute Gasteiger partial charge is 0.274 e. The minimum atomic E-state index is -0.339. The van der Waals surface area contributed by atoms with E-state index in [9.17, 15) is 9.59 Å². The standard InChI is InChI=1S/C17H19N3O2/c1-2-3-12-18-16(21)14-10-7-11-15(20-14)17(22)19-13-8-5-4-6-9-13/h4-11H,2-3,12H2,1H3,(H,18,21)(H,19,22). The maximum atomic E-state index is 12.1. The normalized spacial score (nSPS) is 10.0. The number of hydrogen-bond donors (Lipinski definition) is 2. The lowest BCUT2D eigenvalue weighted by atomic mass is 10.2. The molecule has 1 aromatic heterocycles. The number of pyridine rings is 1. The van der Waals surface area contributed by atoms with Gasteiger partial charge in [-0.1, -0.05) is 37.6 Å². The fraction of sp³-hybridized carbons (Fsp3) is 0.235. The summed E-state index contributed by atoms with van der Waals surface area (Å²) in [6.45, 7) is 2.66. The van der Waals surface area contributed by atoms with E-state index in [0.717, 1.165) is 12.8 Å². The minimum Gasteiger partial charge on any atom is -0.351 e. The van der Waals surface area contributed by atoms with Crippen molar-refractivity contribution in [1.82, 2.24) is 10.3 Å². The predicted octanol–water partition coefficient (Wildman–Crippen LogP) is 2.86. The first-order chi connectivity index (χ1) is 10.7. The fourth-order valence-electron chi connectivity index (χ4n) is 1.87. The molecule has 2 N–H and O–H groups in total. The van der Waals surface area contributed by atoms with Gasteiger partial charge in [0, 0.05) is 12.2 Å². The van der Waals surface area contributed by atoms with Crippen LogP contribution in [0, 0.1) is 0 Å². The van der Waals surface area contributed by atoms with E-state index in [1.54, 1.807) is 30.3 Å². The van der Waals surface area contributed by atoms with Crippen LogP contribution in [0.25, 0.3) is 0 Å². The first-order valence-electron chi connectivity index (χ1n) is 7.32. The van der Waals surface area contributed by atoms with Gasteiger partial charge in [-0.15, -0.1) is 0 Å². The summed E-state index contributed by atoms with van der Waals surface area (Å²) in [5, 5.41) is 5.53. The molecule has 0 radical (unpaired) electrons. The molecular weight excluding hydrogens is 278 g/mol. The number of benzene rings is 1. The molecule has 0 saturated carbocycles. The molecule has 1 aromatic carbocycles. The molecule has 0 fully saturated rings. The van der Waals surface area contributed by atoms with Gasteiger partial charge in [0.05, 0.1) is 0 Å². The maximum Gasteiger partial charge on any atom is 0.274 e. The highest BCUT2D eigenvalue weighted by molar-refractivity contribution is 6.03. The third kappa shape index (κ3) is 4.41. The molecule has 22 heavy (non-hydrogen) atoms. The fourth-order valence-corrected chi connectivity index (χ4v) is 1.87. The molecule has 0 spiro atoms. The van der Waals surface area contributed by atoms with Crippen LogP contribution in [0.4, 0.5) is 5.69 Å². The molecule has 0 aliphatic heterocycles. The van der Waals surface area contributed by atoms with Crippen LogP contribution in [-0.4, -0.2) is 23.3 Å². The summed E-state index contributed by atoms with van der Waals surface area (Å²) in [6, 6.07) is 14.0. The summed E-state index contributed by atoms with van der Waals surface area (Å²) in [4.78, 5) is 28.2. The SMILES string of the molecule is CCCCNC(=O)c1cccc(C(=O)Nc2ccccc2)n1. The van der Waals surface area contributed by atoms with Gasteiger partial charge < -0.3 is 10.6 Å². The Balaban J connectivity index is 2.04. The average Bonchev–Trinajstić information content (AvgIpc) is 2.56. The summed E-state index contributed by atoms with van der Waals surface area (Å²) in [5.41, 5.74) is 1.15. The van der Waals surface area contributed by atoms with E-state index < -0.39 is 0 Å². The molecular formula is C17H19N3O2. The molecule has 0 atom stereocenters. The Morgan fingerprint density at radius 1 is 0.955 bits per heavy atom. The second-order valence-electron chi connectivity index (χ2n) is 4.84.